The summed E-state index contributed by atoms with van der Waals surface area (Å²) in [6.45, 7) is 0.416. The van der Waals surface area contributed by atoms with E-state index < -0.39 is 28.5 Å². The first-order valence-electron chi connectivity index (χ1n) is 11.1. The first-order chi connectivity index (χ1) is 15.5. The zero-order valence-corrected chi connectivity index (χ0v) is 18.7. The van der Waals surface area contributed by atoms with Crippen molar-refractivity contribution in [3.63, 3.8) is 0 Å². The topological polar surface area (TPSA) is 92.8 Å². The molecule has 0 bridgehead atoms. The third-order valence-corrected chi connectivity index (χ3v) is 7.90. The van der Waals surface area contributed by atoms with Gasteiger partial charge < -0.3 is 10.1 Å². The molecule has 4 rings (SSSR count). The molecule has 1 saturated carbocycles. The number of sulfonamides is 1. The second-order valence-electron chi connectivity index (χ2n) is 8.33. The number of amides is 1. The Morgan fingerprint density at radius 1 is 0.969 bits per heavy atom. The number of rotatable bonds is 8. The van der Waals surface area contributed by atoms with E-state index in [9.17, 15) is 18.0 Å². The fraction of sp³-hybridized carbons (Fsp3) is 0.417. The molecule has 2 aromatic rings. The maximum Gasteiger partial charge on any atom is 0.340 e. The molecule has 1 aliphatic carbocycles. The van der Waals surface area contributed by atoms with E-state index in [1.165, 1.54) is 16.4 Å². The molecular formula is C24H28N2O5S. The minimum absolute atomic E-state index is 0.0484. The average Bonchev–Trinajstić information content (AvgIpc) is 3.67. The van der Waals surface area contributed by atoms with E-state index in [1.54, 1.807) is 12.1 Å². The summed E-state index contributed by atoms with van der Waals surface area (Å²) in [6.07, 6.45) is 4.68. The van der Waals surface area contributed by atoms with Crippen molar-refractivity contribution in [3.05, 3.63) is 65.7 Å². The normalized spacial score (nSPS) is 18.0. The van der Waals surface area contributed by atoms with Crippen molar-refractivity contribution in [2.75, 3.05) is 19.7 Å². The fourth-order valence-electron chi connectivity index (χ4n) is 4.09. The van der Waals surface area contributed by atoms with Gasteiger partial charge in [0.1, 0.15) is 0 Å². The first-order valence-corrected chi connectivity index (χ1v) is 12.5. The zero-order chi connectivity index (χ0) is 22.6. The SMILES string of the molecule is O=C(COC(=O)c1ccccc1S(=O)(=O)N1CCCCC1)NC(c1ccccc1)C1CC1. The molecule has 7 nitrogen and oxygen atoms in total. The van der Waals surface area contributed by atoms with Crippen LogP contribution in [0.15, 0.2) is 59.5 Å². The lowest BCUT2D eigenvalue weighted by molar-refractivity contribution is -0.125. The van der Waals surface area contributed by atoms with Gasteiger partial charge in [0.2, 0.25) is 10.0 Å². The van der Waals surface area contributed by atoms with Crippen molar-refractivity contribution in [2.24, 2.45) is 5.92 Å². The molecular weight excluding hydrogens is 428 g/mol. The lowest BCUT2D eigenvalue weighted by Gasteiger charge is -2.26. The molecule has 170 valence electrons. The summed E-state index contributed by atoms with van der Waals surface area (Å²) in [7, 11) is -3.80. The predicted octanol–water partition coefficient (Wildman–Crippen LogP) is 3.29. The van der Waals surface area contributed by atoms with Gasteiger partial charge in [0, 0.05) is 13.1 Å². The molecule has 1 amide bonds. The molecule has 0 spiro atoms. The van der Waals surface area contributed by atoms with Gasteiger partial charge in [-0.2, -0.15) is 4.31 Å². The Morgan fingerprint density at radius 3 is 2.31 bits per heavy atom. The fourth-order valence-corrected chi connectivity index (χ4v) is 5.79. The second kappa shape index (κ2) is 9.83. The summed E-state index contributed by atoms with van der Waals surface area (Å²) < 4.78 is 32.8. The van der Waals surface area contributed by atoms with E-state index in [4.69, 9.17) is 4.74 Å². The van der Waals surface area contributed by atoms with Crippen LogP contribution in [-0.2, 0) is 19.6 Å². The Morgan fingerprint density at radius 2 is 1.62 bits per heavy atom. The summed E-state index contributed by atoms with van der Waals surface area (Å²) in [5.41, 5.74) is 0.973. The van der Waals surface area contributed by atoms with Crippen LogP contribution in [0.5, 0.6) is 0 Å². The van der Waals surface area contributed by atoms with E-state index >= 15 is 0 Å². The zero-order valence-electron chi connectivity index (χ0n) is 17.9. The highest BCUT2D eigenvalue weighted by Gasteiger charge is 2.34. The van der Waals surface area contributed by atoms with Crippen LogP contribution in [0, 0.1) is 5.92 Å². The number of carbonyl (C=O) groups excluding carboxylic acids is 2. The van der Waals surface area contributed by atoms with Crippen molar-refractivity contribution in [2.45, 2.75) is 43.0 Å². The van der Waals surface area contributed by atoms with Crippen molar-refractivity contribution in [1.29, 1.82) is 0 Å². The molecule has 1 saturated heterocycles. The van der Waals surface area contributed by atoms with Gasteiger partial charge in [-0.05, 0) is 49.3 Å². The minimum Gasteiger partial charge on any atom is -0.452 e. The lowest BCUT2D eigenvalue weighted by Crippen LogP contribution is -2.36. The second-order valence-corrected chi connectivity index (χ2v) is 10.2. The van der Waals surface area contributed by atoms with Crippen LogP contribution in [0.4, 0.5) is 0 Å². The Kier molecular flexibility index (Phi) is 6.91. The maximum absolute atomic E-state index is 13.1. The molecule has 32 heavy (non-hydrogen) atoms. The number of ether oxygens (including phenoxy) is 1. The highest BCUT2D eigenvalue weighted by Crippen LogP contribution is 2.40. The van der Waals surface area contributed by atoms with Gasteiger partial charge in [0.05, 0.1) is 16.5 Å². The lowest BCUT2D eigenvalue weighted by atomic mass is 10.0. The number of piperidine rings is 1. The van der Waals surface area contributed by atoms with Gasteiger partial charge >= 0.3 is 5.97 Å². The number of hydrogen-bond acceptors (Lipinski definition) is 5. The average molecular weight is 457 g/mol. The number of esters is 1. The molecule has 2 aliphatic rings. The molecule has 8 heteroatoms. The number of carbonyl (C=O) groups is 2. The van der Waals surface area contributed by atoms with Gasteiger partial charge in [0.15, 0.2) is 6.61 Å². The van der Waals surface area contributed by atoms with Crippen LogP contribution >= 0.6 is 0 Å². The molecule has 0 radical (unpaired) electrons. The number of nitrogens with one attached hydrogen (secondary N) is 1. The Bertz CT molecular complexity index is 1060. The van der Waals surface area contributed by atoms with Crippen molar-refractivity contribution in [3.8, 4) is 0 Å². The van der Waals surface area contributed by atoms with Crippen LogP contribution in [0.25, 0.3) is 0 Å². The van der Waals surface area contributed by atoms with Crippen LogP contribution in [-0.4, -0.2) is 44.3 Å². The van der Waals surface area contributed by atoms with E-state index in [0.29, 0.717) is 19.0 Å². The Balaban J connectivity index is 1.42. The summed E-state index contributed by atoms with van der Waals surface area (Å²) in [6, 6.07) is 15.6. The Hall–Kier alpha value is -2.71. The monoisotopic (exact) mass is 456 g/mol. The number of benzene rings is 2. The molecule has 1 atom stereocenters. The van der Waals surface area contributed by atoms with Crippen molar-refractivity contribution < 1.29 is 22.7 Å². The summed E-state index contributed by atoms with van der Waals surface area (Å²) in [5.74, 6) is -0.845. The summed E-state index contributed by atoms with van der Waals surface area (Å²) in [4.78, 5) is 25.1. The molecule has 0 aromatic heterocycles. The molecule has 2 fully saturated rings. The van der Waals surface area contributed by atoms with E-state index in [2.05, 4.69) is 5.32 Å². The number of hydrogen-bond donors (Lipinski definition) is 1. The van der Waals surface area contributed by atoms with E-state index in [1.807, 2.05) is 30.3 Å². The smallest absolute Gasteiger partial charge is 0.340 e. The Labute approximate surface area is 188 Å². The van der Waals surface area contributed by atoms with Gasteiger partial charge in [-0.15, -0.1) is 0 Å². The molecule has 1 aliphatic heterocycles. The predicted molar refractivity (Wildman–Crippen MR) is 119 cm³/mol. The molecule has 1 unspecified atom stereocenters. The van der Waals surface area contributed by atoms with Gasteiger partial charge in [0.25, 0.3) is 5.91 Å². The molecule has 2 aromatic carbocycles. The van der Waals surface area contributed by atoms with Crippen LogP contribution in [0.2, 0.25) is 0 Å². The third-order valence-electron chi connectivity index (χ3n) is 5.94. The summed E-state index contributed by atoms with van der Waals surface area (Å²) >= 11 is 0. The summed E-state index contributed by atoms with van der Waals surface area (Å²) in [5, 5.41) is 2.96. The van der Waals surface area contributed by atoms with Crippen molar-refractivity contribution >= 4 is 21.9 Å². The minimum atomic E-state index is -3.80. The molecule has 1 N–H and O–H groups in total. The van der Waals surface area contributed by atoms with Gasteiger partial charge in [-0.1, -0.05) is 48.9 Å². The highest BCUT2D eigenvalue weighted by molar-refractivity contribution is 7.89. The first kappa shape index (κ1) is 22.5. The van der Waals surface area contributed by atoms with Crippen molar-refractivity contribution in [1.82, 2.24) is 9.62 Å². The number of nitrogens with zero attached hydrogens (tertiary/aromatic N) is 1. The van der Waals surface area contributed by atoms with E-state index in [-0.39, 0.29) is 16.5 Å². The largest absolute Gasteiger partial charge is 0.452 e. The standard InChI is InChI=1S/C24H28N2O5S/c27-22(25-23(19-13-14-19)18-9-3-1-4-10-18)17-31-24(28)20-11-5-6-12-21(20)32(29,30)26-15-7-2-8-16-26/h1,3-6,9-12,19,23H,2,7-8,13-17H2,(H,25,27). The van der Waals surface area contributed by atoms with Crippen LogP contribution in [0.1, 0.15) is 54.1 Å². The van der Waals surface area contributed by atoms with Crippen LogP contribution in [0.3, 0.4) is 0 Å². The van der Waals surface area contributed by atoms with E-state index in [0.717, 1.165) is 37.7 Å². The van der Waals surface area contributed by atoms with Gasteiger partial charge in [-0.3, -0.25) is 4.79 Å². The highest BCUT2D eigenvalue weighted by atomic mass is 32.2. The maximum atomic E-state index is 13.1. The quantitative estimate of drug-likeness (QED) is 0.616. The van der Waals surface area contributed by atoms with Gasteiger partial charge in [-0.25, -0.2) is 13.2 Å². The molecule has 1 heterocycles. The third kappa shape index (κ3) is 5.19. The van der Waals surface area contributed by atoms with Crippen LogP contribution < -0.4 is 5.32 Å².